The van der Waals surface area contributed by atoms with E-state index in [4.69, 9.17) is 143 Å². The van der Waals surface area contributed by atoms with Crippen molar-refractivity contribution in [2.45, 2.75) is 79.1 Å². The van der Waals surface area contributed by atoms with E-state index in [0.29, 0.717) is 126 Å². The van der Waals surface area contributed by atoms with Crippen LogP contribution in [0.3, 0.4) is 0 Å². The van der Waals surface area contributed by atoms with E-state index < -0.39 is 20.8 Å². The third kappa shape index (κ3) is 61.8. The van der Waals surface area contributed by atoms with Crippen LogP contribution in [0.25, 0.3) is 0 Å². The van der Waals surface area contributed by atoms with Crippen molar-refractivity contribution in [2.24, 2.45) is 5.73 Å². The Labute approximate surface area is 460 Å². The maximum Gasteiger partial charge on any atom is 0.412 e. The fourth-order valence-corrected chi connectivity index (χ4v) is 6.20. The van der Waals surface area contributed by atoms with Gasteiger partial charge < -0.3 is 63.9 Å². The minimum absolute atomic E-state index is 0.0181. The van der Waals surface area contributed by atoms with Crippen molar-refractivity contribution < 1.29 is 71.6 Å². The van der Waals surface area contributed by atoms with E-state index in [9.17, 15) is 33.1 Å². The van der Waals surface area contributed by atoms with Gasteiger partial charge in [0, 0.05) is 105 Å². The van der Waals surface area contributed by atoms with Crippen LogP contribution in [-0.4, -0.2) is 207 Å². The van der Waals surface area contributed by atoms with E-state index >= 15 is 0 Å². The third-order valence-electron chi connectivity index (χ3n) is 7.42. The topological polar surface area (TPSA) is 276 Å². The van der Waals surface area contributed by atoms with Gasteiger partial charge in [-0.05, 0) is 25.7 Å². The lowest BCUT2D eigenvalue weighted by atomic mass is 10.4. The Bertz CT molecular complexity index is 1180. The van der Waals surface area contributed by atoms with Gasteiger partial charge >= 0.3 is 45.2 Å². The fourth-order valence-electron chi connectivity index (χ4n) is 3.68. The molecule has 0 fully saturated rings. The number of nitrogens with zero attached hydrogens (tertiary/aromatic N) is 4. The molecule has 0 aromatic heterocycles. The molecule has 70 heavy (non-hydrogen) atoms. The summed E-state index contributed by atoms with van der Waals surface area (Å²) in [5.74, 6) is 3.24. The molecule has 20 nitrogen and oxygen atoms in total. The van der Waals surface area contributed by atoms with Crippen LogP contribution >= 0.6 is 120 Å². The normalized spacial score (nSPS) is 10.2. The number of hydrogen-bond acceptors (Lipinski definition) is 11. The van der Waals surface area contributed by atoms with Crippen LogP contribution in [-0.2, 0) is 28.1 Å². The lowest BCUT2D eigenvalue weighted by molar-refractivity contribution is 0.104. The molecule has 0 unspecified atom stereocenters. The van der Waals surface area contributed by atoms with Gasteiger partial charge in [0.15, 0.2) is 0 Å². The highest BCUT2D eigenvalue weighted by atomic mass is 35.5. The van der Waals surface area contributed by atoms with E-state index in [1.54, 1.807) is 0 Å². The minimum Gasteiger partial charge on any atom is -0.449 e. The van der Waals surface area contributed by atoms with Crippen molar-refractivity contribution in [1.82, 2.24) is 19.6 Å². The van der Waals surface area contributed by atoms with Crippen LogP contribution in [0.15, 0.2) is 0 Å². The summed E-state index contributed by atoms with van der Waals surface area (Å²) >= 11 is 49.4. The molecule has 31 heteroatoms. The number of rotatable bonds is 31. The Morgan fingerprint density at radius 3 is 0.657 bits per heavy atom. The van der Waals surface area contributed by atoms with Crippen LogP contribution in [0.2, 0.25) is 0 Å². The van der Waals surface area contributed by atoms with Crippen molar-refractivity contribution in [1.29, 1.82) is 0 Å². The number of amides is 5. The van der Waals surface area contributed by atoms with Crippen molar-refractivity contribution >= 4 is 150 Å². The molecule has 0 atom stereocenters. The first kappa shape index (κ1) is 80.8. The maximum absolute atomic E-state index is 11.4. The van der Waals surface area contributed by atoms with Gasteiger partial charge in [0.25, 0.3) is 0 Å². The van der Waals surface area contributed by atoms with Crippen LogP contribution < -0.4 is 5.73 Å². The SMILES string of the molecule is CCCCOC(=O)N(CCCl)CCCl.CCCCOC(=O)N(CCCl)CCCl.CCCCOC(=O)N(CCCl)CCCl.CCCCOC(=O)N(CCCl)CCCl.NC(=O)P(=O)(O)O.O=P(O)(O)CCCl. The maximum atomic E-state index is 11.4. The smallest absolute Gasteiger partial charge is 0.412 e. The van der Waals surface area contributed by atoms with Gasteiger partial charge in [-0.15, -0.1) is 104 Å². The van der Waals surface area contributed by atoms with E-state index in [0.717, 1.165) is 51.4 Å². The predicted molar refractivity (Wildman–Crippen MR) is 286 cm³/mol. The monoisotopic (exact) mass is 1230 g/mol. The highest BCUT2D eigenvalue weighted by Gasteiger charge is 2.20. The molecule has 0 spiro atoms. The molecule has 0 aliphatic rings. The summed E-state index contributed by atoms with van der Waals surface area (Å²) in [5.41, 5.74) is 2.58. The van der Waals surface area contributed by atoms with Gasteiger partial charge in [-0.2, -0.15) is 0 Å². The zero-order chi connectivity index (χ0) is 55.2. The van der Waals surface area contributed by atoms with Crippen molar-refractivity contribution in [2.75, 3.05) is 138 Å². The molecule has 0 aliphatic carbocycles. The minimum atomic E-state index is -4.60. The molecular weight excluding hydrogens is 1160 g/mol. The first-order valence-corrected chi connectivity index (χ1v) is 30.4. The highest BCUT2D eigenvalue weighted by molar-refractivity contribution is 7.69. The molecule has 422 valence electrons. The second-order valence-corrected chi connectivity index (χ2v) is 20.0. The van der Waals surface area contributed by atoms with Crippen LogP contribution in [0.5, 0.6) is 0 Å². The summed E-state index contributed by atoms with van der Waals surface area (Å²) in [5, 5.41) is 0. The summed E-state index contributed by atoms with van der Waals surface area (Å²) in [6.07, 6.45) is 6.10. The Balaban J connectivity index is -0.000000179. The Morgan fingerprint density at radius 1 is 0.400 bits per heavy atom. The second-order valence-electron chi connectivity index (χ2n) is 13.3. The number of hydrogen-bond donors (Lipinski definition) is 5. The number of carbonyl (C=O) groups is 5. The third-order valence-corrected chi connectivity index (χ3v) is 10.6. The van der Waals surface area contributed by atoms with Gasteiger partial charge in [0.05, 0.1) is 32.6 Å². The predicted octanol–water partition coefficient (Wildman–Crippen LogP) is 10.5. The van der Waals surface area contributed by atoms with E-state index in [1.807, 2.05) is 27.7 Å². The van der Waals surface area contributed by atoms with Gasteiger partial charge in [-0.3, -0.25) is 9.36 Å². The lowest BCUT2D eigenvalue weighted by Gasteiger charge is -2.19. The number of nitrogens with two attached hydrogens (primary N) is 1. The molecule has 0 aromatic carbocycles. The van der Waals surface area contributed by atoms with Crippen LogP contribution in [0.1, 0.15) is 79.1 Å². The average molecular weight is 1240 g/mol. The van der Waals surface area contributed by atoms with E-state index in [2.05, 4.69) is 5.73 Å². The van der Waals surface area contributed by atoms with Gasteiger partial charge in [0.1, 0.15) is 0 Å². The molecular formula is C39H78Cl9N5O15P2. The number of alkyl halides is 9. The van der Waals surface area contributed by atoms with Crippen LogP contribution in [0.4, 0.5) is 24.0 Å². The number of halogens is 9. The Morgan fingerprint density at radius 2 is 0.571 bits per heavy atom. The first-order valence-electron chi connectivity index (χ1n) is 22.1. The quantitative estimate of drug-likeness (QED) is 0.0187. The Hall–Kier alpha value is -0.540. The number of primary amides is 1. The lowest BCUT2D eigenvalue weighted by Crippen LogP contribution is -2.35. The zero-order valence-electron chi connectivity index (χ0n) is 40.7. The molecule has 0 heterocycles. The zero-order valence-corrected chi connectivity index (χ0v) is 49.2. The van der Waals surface area contributed by atoms with E-state index in [-0.39, 0.29) is 36.4 Å². The summed E-state index contributed by atoms with van der Waals surface area (Å²) in [7, 11) is -8.40. The molecule has 0 saturated carbocycles. The standard InChI is InChI=1S/4C9H17Cl2NO2.C2H6ClO3P.CH4NO4P/c4*1-2-3-8-14-9(13)12(6-4-10)7-5-11;3-1-2-7(4,5)6;2-1(3)7(4,5)6/h4*2-8H2,1H3;1-2H2,(H2,4,5,6);(H2,2,3)(H2,4,5,6). The Kier molecular flexibility index (Phi) is 68.5. The first-order chi connectivity index (χ1) is 33.0. The molecule has 0 aromatic rings. The molecule has 0 radical (unpaired) electrons. The van der Waals surface area contributed by atoms with Crippen molar-refractivity contribution in [3.63, 3.8) is 0 Å². The van der Waals surface area contributed by atoms with Gasteiger partial charge in [0.2, 0.25) is 0 Å². The second kappa shape index (κ2) is 59.3. The summed E-state index contributed by atoms with van der Waals surface area (Å²) in [4.78, 5) is 92.7. The largest absolute Gasteiger partial charge is 0.449 e. The average Bonchev–Trinajstić information content (AvgIpc) is 3.29. The molecule has 0 bridgehead atoms. The van der Waals surface area contributed by atoms with Crippen LogP contribution in [0, 0.1) is 0 Å². The van der Waals surface area contributed by atoms with Gasteiger partial charge in [-0.1, -0.05) is 53.4 Å². The van der Waals surface area contributed by atoms with Gasteiger partial charge in [-0.25, -0.2) is 23.7 Å². The highest BCUT2D eigenvalue weighted by Crippen LogP contribution is 2.33. The van der Waals surface area contributed by atoms with Crippen molar-refractivity contribution in [3.05, 3.63) is 0 Å². The number of carbonyl (C=O) groups excluding carboxylic acids is 5. The molecule has 5 amide bonds. The summed E-state index contributed by atoms with van der Waals surface area (Å²) in [6.45, 7) is 13.9. The summed E-state index contributed by atoms with van der Waals surface area (Å²) in [6, 6.07) is 0. The van der Waals surface area contributed by atoms with E-state index in [1.165, 1.54) is 19.6 Å². The fraction of sp³-hybridized carbons (Fsp3) is 0.872. The molecule has 0 saturated heterocycles. The molecule has 6 N–H and O–H groups in total. The summed E-state index contributed by atoms with van der Waals surface area (Å²) < 4.78 is 39.5. The molecule has 0 rings (SSSR count). The number of unbranched alkanes of at least 4 members (excludes halogenated alkanes) is 4. The molecule has 0 aliphatic heterocycles. The van der Waals surface area contributed by atoms with Crippen molar-refractivity contribution in [3.8, 4) is 0 Å². The number of ether oxygens (including phenoxy) is 4.